The Kier molecular flexibility index (Phi) is 4.86. The molecular formula is C17H17N5O3S. The van der Waals surface area contributed by atoms with Crippen LogP contribution in [0.3, 0.4) is 0 Å². The van der Waals surface area contributed by atoms with Crippen molar-refractivity contribution >= 4 is 27.4 Å². The molecule has 1 amide bonds. The number of rotatable bonds is 4. The summed E-state index contributed by atoms with van der Waals surface area (Å²) in [5.74, 6) is 0.0727. The first kappa shape index (κ1) is 17.8. The van der Waals surface area contributed by atoms with Gasteiger partial charge in [-0.2, -0.15) is 5.26 Å². The van der Waals surface area contributed by atoms with Crippen LogP contribution in [0.4, 0.5) is 11.6 Å². The average Bonchev–Trinajstić information content (AvgIpc) is 3.01. The molecule has 134 valence electrons. The number of hydrogen-bond acceptors (Lipinski definition) is 7. The molecule has 26 heavy (non-hydrogen) atoms. The first-order chi connectivity index (χ1) is 12.4. The van der Waals surface area contributed by atoms with E-state index in [-0.39, 0.29) is 23.2 Å². The van der Waals surface area contributed by atoms with Gasteiger partial charge in [-0.15, -0.1) is 0 Å². The van der Waals surface area contributed by atoms with E-state index >= 15 is 0 Å². The van der Waals surface area contributed by atoms with Gasteiger partial charge in [-0.3, -0.25) is 4.79 Å². The average molecular weight is 371 g/mol. The van der Waals surface area contributed by atoms with E-state index in [1.54, 1.807) is 36.2 Å². The van der Waals surface area contributed by atoms with E-state index in [2.05, 4.69) is 15.3 Å². The van der Waals surface area contributed by atoms with Crippen LogP contribution in [0.15, 0.2) is 36.5 Å². The maximum Gasteiger partial charge on any atom is 0.274 e. The zero-order valence-electron chi connectivity index (χ0n) is 14.1. The lowest BCUT2D eigenvalue weighted by Gasteiger charge is -2.23. The highest BCUT2D eigenvalue weighted by Gasteiger charge is 2.31. The highest BCUT2D eigenvalue weighted by atomic mass is 32.2. The van der Waals surface area contributed by atoms with Crippen LogP contribution in [0.25, 0.3) is 0 Å². The van der Waals surface area contributed by atoms with Gasteiger partial charge >= 0.3 is 0 Å². The van der Waals surface area contributed by atoms with Gasteiger partial charge in [0.15, 0.2) is 9.84 Å². The lowest BCUT2D eigenvalue weighted by Crippen LogP contribution is -2.34. The molecule has 1 saturated heterocycles. The van der Waals surface area contributed by atoms with E-state index in [9.17, 15) is 13.2 Å². The fourth-order valence-corrected chi connectivity index (χ4v) is 4.52. The summed E-state index contributed by atoms with van der Waals surface area (Å²) in [6.07, 6.45) is 1.97. The fourth-order valence-electron chi connectivity index (χ4n) is 2.75. The molecule has 1 aromatic carbocycles. The summed E-state index contributed by atoms with van der Waals surface area (Å²) in [6.45, 7) is 0. The zero-order chi connectivity index (χ0) is 18.7. The molecule has 2 aromatic rings. The fraction of sp³-hybridized carbons (Fsp3) is 0.294. The van der Waals surface area contributed by atoms with Crippen LogP contribution in [0, 0.1) is 11.3 Å². The van der Waals surface area contributed by atoms with Gasteiger partial charge in [0, 0.05) is 25.0 Å². The van der Waals surface area contributed by atoms with Crippen molar-refractivity contribution in [1.82, 2.24) is 9.97 Å². The first-order valence-electron chi connectivity index (χ1n) is 7.96. The van der Waals surface area contributed by atoms with Crippen molar-refractivity contribution in [1.29, 1.82) is 5.26 Å². The molecule has 0 saturated carbocycles. The Morgan fingerprint density at radius 2 is 2.19 bits per heavy atom. The van der Waals surface area contributed by atoms with Gasteiger partial charge in [0.1, 0.15) is 5.69 Å². The first-order valence-corrected chi connectivity index (χ1v) is 9.78. The molecule has 1 atom stereocenters. The summed E-state index contributed by atoms with van der Waals surface area (Å²) in [7, 11) is -1.30. The normalized spacial score (nSPS) is 18.1. The topological polar surface area (TPSA) is 116 Å². The standard InChI is InChI=1S/C17H17N5O3S/c1-22(14-6-8-26(24,25)11-14)17-19-7-5-15(21-17)16(23)20-13-4-2-3-12(9-13)10-18/h2-5,7,9,14H,6,8,11H2,1H3,(H,20,23). The predicted molar refractivity (Wildman–Crippen MR) is 96.6 cm³/mol. The van der Waals surface area contributed by atoms with Crippen LogP contribution in [0.1, 0.15) is 22.5 Å². The van der Waals surface area contributed by atoms with Crippen LogP contribution in [-0.2, 0) is 9.84 Å². The minimum absolute atomic E-state index is 0.0598. The van der Waals surface area contributed by atoms with Gasteiger partial charge in [-0.1, -0.05) is 6.07 Å². The number of anilines is 2. The minimum atomic E-state index is -3.03. The molecule has 8 nitrogen and oxygen atoms in total. The van der Waals surface area contributed by atoms with Crippen molar-refractivity contribution < 1.29 is 13.2 Å². The van der Waals surface area contributed by atoms with Crippen LogP contribution in [0.2, 0.25) is 0 Å². The number of hydrogen-bond donors (Lipinski definition) is 1. The second-order valence-corrected chi connectivity index (χ2v) is 8.29. The summed E-state index contributed by atoms with van der Waals surface area (Å²) in [5, 5.41) is 11.6. The van der Waals surface area contributed by atoms with E-state index in [1.165, 1.54) is 12.3 Å². The van der Waals surface area contributed by atoms with Gasteiger partial charge < -0.3 is 10.2 Å². The lowest BCUT2D eigenvalue weighted by atomic mass is 10.2. The van der Waals surface area contributed by atoms with Crippen LogP contribution in [-0.4, -0.2) is 48.9 Å². The van der Waals surface area contributed by atoms with Crippen molar-refractivity contribution in [2.45, 2.75) is 12.5 Å². The SMILES string of the molecule is CN(c1nccc(C(=O)Nc2cccc(C#N)c2)n1)C1CCS(=O)(=O)C1. The Morgan fingerprint density at radius 3 is 2.88 bits per heavy atom. The molecule has 1 aromatic heterocycles. The Morgan fingerprint density at radius 1 is 1.38 bits per heavy atom. The van der Waals surface area contributed by atoms with Gasteiger partial charge in [0.05, 0.1) is 23.1 Å². The van der Waals surface area contributed by atoms with Gasteiger partial charge in [0.2, 0.25) is 5.95 Å². The van der Waals surface area contributed by atoms with Gasteiger partial charge in [0.25, 0.3) is 5.91 Å². The molecule has 1 fully saturated rings. The molecule has 1 aliphatic rings. The molecule has 2 heterocycles. The lowest BCUT2D eigenvalue weighted by molar-refractivity contribution is 0.102. The summed E-state index contributed by atoms with van der Waals surface area (Å²) in [5.41, 5.74) is 1.09. The second-order valence-electron chi connectivity index (χ2n) is 6.06. The van der Waals surface area contributed by atoms with Gasteiger partial charge in [-0.25, -0.2) is 18.4 Å². The largest absolute Gasteiger partial charge is 0.340 e. The Hall–Kier alpha value is -2.99. The van der Waals surface area contributed by atoms with E-state index in [1.807, 2.05) is 6.07 Å². The number of sulfone groups is 1. The third-order valence-corrected chi connectivity index (χ3v) is 5.95. The summed E-state index contributed by atoms with van der Waals surface area (Å²) >= 11 is 0. The van der Waals surface area contributed by atoms with E-state index < -0.39 is 15.7 Å². The summed E-state index contributed by atoms with van der Waals surface area (Å²) in [6, 6.07) is 9.84. The van der Waals surface area contributed by atoms with Crippen molar-refractivity contribution in [3.05, 3.63) is 47.8 Å². The van der Waals surface area contributed by atoms with Crippen LogP contribution < -0.4 is 10.2 Å². The van der Waals surface area contributed by atoms with E-state index in [4.69, 9.17) is 5.26 Å². The number of nitriles is 1. The zero-order valence-corrected chi connectivity index (χ0v) is 14.9. The Bertz CT molecular complexity index is 984. The van der Waals surface area contributed by atoms with Crippen LogP contribution in [0.5, 0.6) is 0 Å². The summed E-state index contributed by atoms with van der Waals surface area (Å²) < 4.78 is 23.3. The third kappa shape index (κ3) is 3.97. The Balaban J connectivity index is 1.76. The van der Waals surface area contributed by atoms with Crippen LogP contribution >= 0.6 is 0 Å². The molecule has 9 heteroatoms. The highest BCUT2D eigenvalue weighted by molar-refractivity contribution is 7.91. The maximum atomic E-state index is 12.4. The molecule has 1 unspecified atom stereocenters. The van der Waals surface area contributed by atoms with Crippen molar-refractivity contribution in [3.8, 4) is 6.07 Å². The monoisotopic (exact) mass is 371 g/mol. The Labute approximate surface area is 151 Å². The molecular weight excluding hydrogens is 354 g/mol. The molecule has 1 aliphatic heterocycles. The molecule has 1 N–H and O–H groups in total. The third-order valence-electron chi connectivity index (χ3n) is 4.20. The highest BCUT2D eigenvalue weighted by Crippen LogP contribution is 2.20. The number of carbonyl (C=O) groups is 1. The van der Waals surface area contributed by atoms with Crippen molar-refractivity contribution in [3.63, 3.8) is 0 Å². The number of nitrogens with one attached hydrogen (secondary N) is 1. The van der Waals surface area contributed by atoms with E-state index in [0.29, 0.717) is 23.6 Å². The molecule has 0 radical (unpaired) electrons. The molecule has 0 spiro atoms. The molecule has 0 aliphatic carbocycles. The number of aromatic nitrogens is 2. The quantitative estimate of drug-likeness (QED) is 0.859. The minimum Gasteiger partial charge on any atom is -0.340 e. The number of nitrogens with zero attached hydrogens (tertiary/aromatic N) is 4. The molecule has 3 rings (SSSR count). The second kappa shape index (κ2) is 7.09. The number of carbonyl (C=O) groups excluding carboxylic acids is 1. The number of amides is 1. The van der Waals surface area contributed by atoms with Crippen molar-refractivity contribution in [2.75, 3.05) is 28.8 Å². The summed E-state index contributed by atoms with van der Waals surface area (Å²) in [4.78, 5) is 22.5. The number of benzene rings is 1. The van der Waals surface area contributed by atoms with E-state index in [0.717, 1.165) is 0 Å². The maximum absolute atomic E-state index is 12.4. The van der Waals surface area contributed by atoms with Crippen molar-refractivity contribution in [2.24, 2.45) is 0 Å². The molecule has 0 bridgehead atoms. The smallest absolute Gasteiger partial charge is 0.274 e. The predicted octanol–water partition coefficient (Wildman–Crippen LogP) is 1.22. The van der Waals surface area contributed by atoms with Gasteiger partial charge in [-0.05, 0) is 30.7 Å².